The molecule has 24 heteroatoms. The smallest absolute Gasteiger partial charge is 0.177 e. The van der Waals surface area contributed by atoms with Crippen LogP contribution in [0.3, 0.4) is 0 Å². The standard InChI is InChI=1S/2C27H36ClN3O2.2C26H36N4O2/c1-26(33)9-7-18-16(12-26)3-4-20-19(18)8-10-27(2)21(20)5-6-22(27)24(32)15-31-14-17-11-25(28)29-13-23(17)30-31;1-26(33)9-7-18-16(12-26)3-4-20-19(18)8-10-27(2)21(20)5-6-22(27)24(32)15-31-23-14-29-25(28)11-17(23)13-30-31;1-25(32)9-7-17-16(11-25)3-4-19-18(17)8-10-26(2)20(19)5-6-21(26)24(31)14-30-13-23-22(29-30)12-27-15-28-23;1-25(32)9-7-17-16(13-25)3-4-19-18(17)8-10-26(2)20(19)5-6-21(26)23(31)15-30-24-22(14-29-30)27-11-12-28-24/h2*11,13-14,16,18-22,33H,3-10,12,15H2,1-2H3;12-13,15-21,32H,3-11,14H2,1-2H3;11-12,14,16-21,32H,3-10,13,15H2,1-2H3/t2*16-,18+,19-,20-,21+,22-,26-,27+;2*16-,17+,18-,19-,20+,21-,25-,26+/m1111/s1. The molecule has 0 unspecified atom stereocenters. The highest BCUT2D eigenvalue weighted by Crippen LogP contribution is 2.70. The van der Waals surface area contributed by atoms with Gasteiger partial charge in [0, 0.05) is 53.0 Å². The number of carbonyl (C=O) groups is 4. The molecule has 700 valence electrons. The first-order chi connectivity index (χ1) is 62.2. The van der Waals surface area contributed by atoms with Crippen LogP contribution in [0, 0.1) is 164 Å². The molecule has 0 bridgehead atoms. The lowest BCUT2D eigenvalue weighted by Gasteiger charge is -2.56. The molecule has 8 aromatic rings. The Morgan fingerprint density at radius 1 is 0.338 bits per heavy atom. The van der Waals surface area contributed by atoms with Crippen LogP contribution in [-0.2, 0) is 45.4 Å². The van der Waals surface area contributed by atoms with Crippen LogP contribution in [0.5, 0.6) is 0 Å². The van der Waals surface area contributed by atoms with Gasteiger partial charge in [0.2, 0.25) is 0 Å². The van der Waals surface area contributed by atoms with Gasteiger partial charge in [-0.15, -0.1) is 0 Å². The molecule has 0 aromatic carbocycles. The molecule has 24 rings (SSSR count). The zero-order valence-corrected chi connectivity index (χ0v) is 80.0. The maximum absolute atomic E-state index is 13.6. The minimum atomic E-state index is -0.459. The van der Waals surface area contributed by atoms with E-state index in [9.17, 15) is 39.6 Å². The third kappa shape index (κ3) is 16.4. The van der Waals surface area contributed by atoms with Gasteiger partial charge in [-0.1, -0.05) is 50.9 Å². The van der Waals surface area contributed by atoms with Gasteiger partial charge in [-0.05, 0) is 411 Å². The Labute approximate surface area is 777 Å². The van der Waals surface area contributed by atoms with E-state index in [1.807, 2.05) is 44.8 Å². The number of nitrogens with zero attached hydrogens (tertiary/aromatic N) is 14. The molecule has 8 heterocycles. The Morgan fingerprint density at radius 2 is 0.708 bits per heavy atom. The lowest BCUT2D eigenvalue weighted by molar-refractivity contribution is -0.133. The first kappa shape index (κ1) is 89.9. The summed E-state index contributed by atoms with van der Waals surface area (Å²) < 4.78 is 7.10. The summed E-state index contributed by atoms with van der Waals surface area (Å²) in [7, 11) is 0. The Morgan fingerprint density at radius 3 is 1.14 bits per heavy atom. The van der Waals surface area contributed by atoms with Gasteiger partial charge in [-0.25, -0.2) is 34.6 Å². The molecule has 0 spiro atoms. The van der Waals surface area contributed by atoms with Crippen LogP contribution in [0.1, 0.15) is 287 Å². The van der Waals surface area contributed by atoms with E-state index in [-0.39, 0.29) is 45.3 Å². The van der Waals surface area contributed by atoms with Crippen molar-refractivity contribution in [2.24, 2.45) is 164 Å². The van der Waals surface area contributed by atoms with Crippen LogP contribution in [0.25, 0.3) is 44.0 Å². The van der Waals surface area contributed by atoms with Crippen LogP contribution < -0.4 is 0 Å². The molecule has 32 atom stereocenters. The van der Waals surface area contributed by atoms with Crippen LogP contribution in [-0.4, -0.2) is 135 Å². The minimum Gasteiger partial charge on any atom is -0.390 e. The largest absolute Gasteiger partial charge is 0.390 e. The highest BCUT2D eigenvalue weighted by molar-refractivity contribution is 6.30. The summed E-state index contributed by atoms with van der Waals surface area (Å²) in [6.45, 7) is 19.1. The van der Waals surface area contributed by atoms with Crippen LogP contribution in [0.15, 0.2) is 74.2 Å². The molecule has 16 aliphatic carbocycles. The summed E-state index contributed by atoms with van der Waals surface area (Å²) in [6, 6.07) is 3.61. The van der Waals surface area contributed by atoms with E-state index < -0.39 is 22.4 Å². The summed E-state index contributed by atoms with van der Waals surface area (Å²) in [5.41, 5.74) is 3.35. The number of rotatable bonds is 12. The van der Waals surface area contributed by atoms with Gasteiger partial charge >= 0.3 is 0 Å². The van der Waals surface area contributed by atoms with Crippen molar-refractivity contribution < 1.29 is 39.6 Å². The van der Waals surface area contributed by atoms with Gasteiger partial charge in [-0.3, -0.25) is 33.2 Å². The monoisotopic (exact) mass is 1810 g/mol. The topological polar surface area (TPSA) is 298 Å². The summed E-state index contributed by atoms with van der Waals surface area (Å²) in [5.74, 6) is 16.9. The van der Waals surface area contributed by atoms with Crippen molar-refractivity contribution in [3.8, 4) is 0 Å². The fraction of sp³-hybridized carbons (Fsp3) is 0.755. The highest BCUT2D eigenvalue weighted by atomic mass is 35.5. The van der Waals surface area contributed by atoms with E-state index in [0.717, 1.165) is 186 Å². The normalized spacial score (nSPS) is 43.0. The van der Waals surface area contributed by atoms with E-state index in [0.29, 0.717) is 113 Å². The summed E-state index contributed by atoms with van der Waals surface area (Å²) in [6.07, 6.45) is 58.7. The number of Topliss-reactive ketones (excluding diaryl/α,β-unsaturated/α-hetero) is 4. The fourth-order valence-electron chi connectivity index (χ4n) is 35.4. The van der Waals surface area contributed by atoms with Gasteiger partial charge < -0.3 is 20.4 Å². The van der Waals surface area contributed by atoms with Gasteiger partial charge in [-0.2, -0.15) is 20.4 Å². The van der Waals surface area contributed by atoms with Crippen molar-refractivity contribution in [3.63, 3.8) is 0 Å². The predicted octanol–water partition coefficient (Wildman–Crippen LogP) is 20.2. The molecule has 8 aromatic heterocycles. The summed E-state index contributed by atoms with van der Waals surface area (Å²) >= 11 is 12.0. The number of halogens is 2. The second-order valence-corrected chi connectivity index (χ2v) is 49.0. The number of aromatic nitrogens is 14. The van der Waals surface area contributed by atoms with E-state index >= 15 is 0 Å². The van der Waals surface area contributed by atoms with Crippen molar-refractivity contribution in [2.75, 3.05) is 0 Å². The first-order valence-corrected chi connectivity index (χ1v) is 52.2. The molecule has 0 saturated heterocycles. The molecule has 130 heavy (non-hydrogen) atoms. The van der Waals surface area contributed by atoms with Crippen molar-refractivity contribution in [3.05, 3.63) is 84.5 Å². The zero-order chi connectivity index (χ0) is 90.1. The Hall–Kier alpha value is -6.56. The SMILES string of the molecule is C[C@@]1(O)CC[C@H]2[C@H](CC[C@@H]3[C@@H]2CC[C@]2(C)[C@@H](C(=O)Cn4cc5cc(Cl)ncc5n4)CC[C@@H]32)C1.C[C@@]1(O)CC[C@H]2[C@H](CC[C@@H]3[C@@H]2CC[C@]2(C)[C@@H](C(=O)Cn4cc5ncncc5n4)CC[C@@H]32)C1.C[C@@]1(O)CC[C@H]2[C@H](CC[C@@H]3[C@@H]2CC[C@]2(C)[C@@H](C(=O)Cn4ncc5cc(Cl)ncc54)CC[C@@H]32)C1.C[C@@]1(O)CC[C@H]2[C@H](CC[C@@H]3[C@@H]2CC[C@]2(C)[C@@H](C(=O)Cn4ncc5nccnc54)CC[C@@H]32)C1. The third-order valence-electron chi connectivity index (χ3n) is 41.1. The molecule has 0 aliphatic heterocycles. The number of aliphatic hydroxyl groups is 4. The van der Waals surface area contributed by atoms with Gasteiger partial charge in [0.1, 0.15) is 51.8 Å². The van der Waals surface area contributed by atoms with Crippen molar-refractivity contribution in [1.82, 2.24) is 69.0 Å². The number of fused-ring (bicyclic) bond motifs is 24. The van der Waals surface area contributed by atoms with Gasteiger partial charge in [0.15, 0.2) is 28.8 Å². The van der Waals surface area contributed by atoms with Crippen molar-refractivity contribution in [2.45, 2.75) is 335 Å². The average Bonchev–Trinajstić information content (AvgIpc) is 1.55. The lowest BCUT2D eigenvalue weighted by Crippen LogP contribution is -2.51. The number of carbonyl (C=O) groups excluding carboxylic acids is 4. The maximum Gasteiger partial charge on any atom is 0.177 e. The maximum atomic E-state index is 13.6. The van der Waals surface area contributed by atoms with Crippen molar-refractivity contribution in [1.29, 1.82) is 0 Å². The van der Waals surface area contributed by atoms with Crippen molar-refractivity contribution >= 4 is 90.3 Å². The number of hydrogen-bond donors (Lipinski definition) is 4. The van der Waals surface area contributed by atoms with Gasteiger partial charge in [0.25, 0.3) is 0 Å². The van der Waals surface area contributed by atoms with E-state index in [1.54, 1.807) is 69.6 Å². The molecule has 22 nitrogen and oxygen atoms in total. The zero-order valence-electron chi connectivity index (χ0n) is 78.5. The summed E-state index contributed by atoms with van der Waals surface area (Å²) in [5, 5.41) is 63.2. The quantitative estimate of drug-likeness (QED) is 0.0826. The molecule has 16 fully saturated rings. The second kappa shape index (κ2) is 34.3. The molecule has 16 aliphatic rings. The lowest BCUT2D eigenvalue weighted by atomic mass is 9.49. The number of ketones is 4. The average molecular weight is 1810 g/mol. The third-order valence-corrected chi connectivity index (χ3v) is 41.6. The van der Waals surface area contributed by atoms with E-state index in [2.05, 4.69) is 78.0 Å². The number of hydrogen-bond acceptors (Lipinski definition) is 18. The molecule has 4 N–H and O–H groups in total. The minimum absolute atomic E-state index is 0.121. The molecule has 16 saturated carbocycles. The Bertz CT molecular complexity index is 5510. The Balaban J connectivity index is 0.000000105. The molecule has 0 amide bonds. The van der Waals surface area contributed by atoms with Gasteiger partial charge in [0.05, 0.1) is 78.2 Å². The first-order valence-electron chi connectivity index (χ1n) is 51.4. The molecular weight excluding hydrogens is 1670 g/mol. The predicted molar refractivity (Wildman–Crippen MR) is 501 cm³/mol. The van der Waals surface area contributed by atoms with E-state index in [1.165, 1.54) is 160 Å². The highest BCUT2D eigenvalue weighted by Gasteiger charge is 2.64. The molecule has 0 radical (unpaired) electrons. The Kier molecular flexibility index (Phi) is 23.7. The van der Waals surface area contributed by atoms with Crippen LogP contribution in [0.2, 0.25) is 10.3 Å². The van der Waals surface area contributed by atoms with E-state index in [4.69, 9.17) is 23.2 Å². The second-order valence-electron chi connectivity index (χ2n) is 48.2. The fourth-order valence-corrected chi connectivity index (χ4v) is 35.8. The van der Waals surface area contributed by atoms with Crippen LogP contribution >= 0.6 is 23.2 Å². The molecular formula is C106H144Cl2N14O8. The summed E-state index contributed by atoms with van der Waals surface area (Å²) in [4.78, 5) is 79.5. The number of pyridine rings is 2. The van der Waals surface area contributed by atoms with Crippen LogP contribution in [0.4, 0.5) is 0 Å².